The maximum atomic E-state index is 13.2. The maximum Gasteiger partial charge on any atom is 0.137 e. The molecular weight excluding hydrogens is 214 g/mol. The van der Waals surface area contributed by atoms with E-state index in [4.69, 9.17) is 33.7 Å². The molecule has 0 heterocycles. The minimum atomic E-state index is -0.982. The van der Waals surface area contributed by atoms with Crippen LogP contribution in [0.1, 0.15) is 6.42 Å². The Kier molecular flexibility index (Phi) is 2.93. The van der Waals surface area contributed by atoms with Gasteiger partial charge >= 0.3 is 0 Å². The first-order valence-electron chi connectivity index (χ1n) is 3.35. The van der Waals surface area contributed by atoms with E-state index in [-0.39, 0.29) is 22.1 Å². The van der Waals surface area contributed by atoms with Crippen LogP contribution in [0.3, 0.4) is 0 Å². The highest BCUT2D eigenvalue weighted by Gasteiger charge is 2.28. The number of nitriles is 2. The molecule has 1 aliphatic carbocycles. The third-order valence-corrected chi connectivity index (χ3v) is 2.51. The SMILES string of the molecule is N#CC1=C(F)C(C#N)CC(Cl)=C1Cl. The minimum Gasteiger partial charge on any atom is -0.209 e. The largest absolute Gasteiger partial charge is 0.209 e. The van der Waals surface area contributed by atoms with Crippen LogP contribution < -0.4 is 0 Å². The summed E-state index contributed by atoms with van der Waals surface area (Å²) in [6.07, 6.45) is 0.0356. The molecule has 0 fully saturated rings. The van der Waals surface area contributed by atoms with Crippen LogP contribution >= 0.6 is 23.2 Å². The Labute approximate surface area is 84.5 Å². The van der Waals surface area contributed by atoms with Gasteiger partial charge in [-0.15, -0.1) is 0 Å². The van der Waals surface area contributed by atoms with Crippen molar-refractivity contribution in [1.29, 1.82) is 10.5 Å². The molecule has 1 unspecified atom stereocenters. The minimum absolute atomic E-state index is 0.0356. The fraction of sp³-hybridized carbons (Fsp3) is 0.250. The Morgan fingerprint density at radius 2 is 2.00 bits per heavy atom. The number of nitrogens with zero attached hydrogens (tertiary/aromatic N) is 2. The molecular formula is C8H3Cl2FN2. The van der Waals surface area contributed by atoms with Gasteiger partial charge in [-0.3, -0.25) is 0 Å². The number of rotatable bonds is 0. The Morgan fingerprint density at radius 1 is 1.38 bits per heavy atom. The molecule has 0 radical (unpaired) electrons. The smallest absolute Gasteiger partial charge is 0.137 e. The fourth-order valence-electron chi connectivity index (χ4n) is 0.978. The average molecular weight is 217 g/mol. The molecule has 5 heteroatoms. The molecule has 0 saturated carbocycles. The predicted molar refractivity (Wildman–Crippen MR) is 46.2 cm³/mol. The van der Waals surface area contributed by atoms with Gasteiger partial charge in [-0.05, 0) is 0 Å². The van der Waals surface area contributed by atoms with Gasteiger partial charge in [0.15, 0.2) is 0 Å². The molecule has 0 N–H and O–H groups in total. The standard InChI is InChI=1S/C8H3Cl2FN2/c9-6-1-4(2-12)8(11)5(3-13)7(6)10/h4H,1H2. The summed E-state index contributed by atoms with van der Waals surface area (Å²) in [4.78, 5) is 0. The summed E-state index contributed by atoms with van der Waals surface area (Å²) >= 11 is 11.2. The summed E-state index contributed by atoms with van der Waals surface area (Å²) in [6.45, 7) is 0. The fourth-order valence-corrected chi connectivity index (χ4v) is 1.44. The van der Waals surface area contributed by atoms with E-state index in [9.17, 15) is 4.39 Å². The molecule has 2 nitrogen and oxygen atoms in total. The van der Waals surface area contributed by atoms with E-state index in [0.29, 0.717) is 0 Å². The van der Waals surface area contributed by atoms with E-state index in [1.807, 2.05) is 0 Å². The van der Waals surface area contributed by atoms with E-state index in [0.717, 1.165) is 0 Å². The van der Waals surface area contributed by atoms with Gasteiger partial charge in [-0.1, -0.05) is 23.2 Å². The molecule has 0 amide bonds. The van der Waals surface area contributed by atoms with Crippen LogP contribution in [0.25, 0.3) is 0 Å². The van der Waals surface area contributed by atoms with Gasteiger partial charge in [-0.2, -0.15) is 10.5 Å². The molecule has 66 valence electrons. The molecule has 1 rings (SSSR count). The van der Waals surface area contributed by atoms with Crippen molar-refractivity contribution in [2.75, 3.05) is 0 Å². The van der Waals surface area contributed by atoms with Gasteiger partial charge in [-0.25, -0.2) is 4.39 Å². The quantitative estimate of drug-likeness (QED) is 0.626. The molecule has 13 heavy (non-hydrogen) atoms. The Bertz CT molecular complexity index is 384. The van der Waals surface area contributed by atoms with Crippen molar-refractivity contribution in [2.45, 2.75) is 6.42 Å². The van der Waals surface area contributed by atoms with Crippen LogP contribution in [-0.2, 0) is 0 Å². The molecule has 1 aliphatic rings. The first-order chi connectivity index (χ1) is 6.11. The lowest BCUT2D eigenvalue weighted by Gasteiger charge is -2.14. The van der Waals surface area contributed by atoms with Crippen LogP contribution in [0.4, 0.5) is 4.39 Å². The second-order valence-corrected chi connectivity index (χ2v) is 3.27. The Balaban J connectivity index is 3.26. The molecule has 0 aromatic heterocycles. The topological polar surface area (TPSA) is 47.6 Å². The first kappa shape index (κ1) is 10.1. The zero-order chi connectivity index (χ0) is 10.0. The van der Waals surface area contributed by atoms with E-state index in [1.54, 1.807) is 12.1 Å². The maximum absolute atomic E-state index is 13.2. The van der Waals surface area contributed by atoms with Crippen LogP contribution in [0.2, 0.25) is 0 Å². The van der Waals surface area contributed by atoms with Gasteiger partial charge in [0.25, 0.3) is 0 Å². The lowest BCUT2D eigenvalue weighted by atomic mass is 9.96. The average Bonchev–Trinajstić information content (AvgIpc) is 2.12. The van der Waals surface area contributed by atoms with Gasteiger partial charge in [0, 0.05) is 11.5 Å². The lowest BCUT2D eigenvalue weighted by molar-refractivity contribution is 0.520. The van der Waals surface area contributed by atoms with E-state index < -0.39 is 11.7 Å². The molecule has 0 saturated heterocycles. The highest BCUT2D eigenvalue weighted by Crippen LogP contribution is 2.38. The first-order valence-corrected chi connectivity index (χ1v) is 4.11. The second kappa shape index (κ2) is 3.79. The van der Waals surface area contributed by atoms with Crippen molar-refractivity contribution in [3.63, 3.8) is 0 Å². The second-order valence-electron chi connectivity index (χ2n) is 2.44. The summed E-state index contributed by atoms with van der Waals surface area (Å²) in [5, 5.41) is 17.1. The van der Waals surface area contributed by atoms with Gasteiger partial charge in [0.1, 0.15) is 23.4 Å². The number of allylic oxidation sites excluding steroid dienone is 4. The molecule has 0 aromatic rings. The highest BCUT2D eigenvalue weighted by molar-refractivity contribution is 6.41. The van der Waals surface area contributed by atoms with Crippen molar-refractivity contribution < 1.29 is 4.39 Å². The van der Waals surface area contributed by atoms with Crippen LogP contribution in [0.5, 0.6) is 0 Å². The lowest BCUT2D eigenvalue weighted by Crippen LogP contribution is -2.07. The van der Waals surface area contributed by atoms with Crippen LogP contribution in [-0.4, -0.2) is 0 Å². The van der Waals surface area contributed by atoms with Gasteiger partial charge in [0.05, 0.1) is 11.1 Å². The summed E-state index contributed by atoms with van der Waals surface area (Å²) in [6, 6.07) is 3.29. The molecule has 0 aromatic carbocycles. The van der Waals surface area contributed by atoms with Crippen molar-refractivity contribution in [1.82, 2.24) is 0 Å². The van der Waals surface area contributed by atoms with E-state index in [1.165, 1.54) is 0 Å². The molecule has 0 aliphatic heterocycles. The highest BCUT2D eigenvalue weighted by atomic mass is 35.5. The van der Waals surface area contributed by atoms with Crippen molar-refractivity contribution in [3.8, 4) is 12.1 Å². The monoisotopic (exact) mass is 216 g/mol. The van der Waals surface area contributed by atoms with E-state index >= 15 is 0 Å². The third kappa shape index (κ3) is 1.67. The zero-order valence-corrected chi connectivity index (χ0v) is 7.82. The number of halogens is 3. The van der Waals surface area contributed by atoms with E-state index in [2.05, 4.69) is 0 Å². The van der Waals surface area contributed by atoms with Gasteiger partial charge in [0.2, 0.25) is 0 Å². The Hall–Kier alpha value is -1.03. The summed E-state index contributed by atoms with van der Waals surface area (Å²) < 4.78 is 13.2. The summed E-state index contributed by atoms with van der Waals surface area (Å²) in [7, 11) is 0. The predicted octanol–water partition coefficient (Wildman–Crippen LogP) is 2.97. The zero-order valence-electron chi connectivity index (χ0n) is 6.31. The van der Waals surface area contributed by atoms with Crippen molar-refractivity contribution in [3.05, 3.63) is 21.5 Å². The number of hydrogen-bond donors (Lipinski definition) is 0. The Morgan fingerprint density at radius 3 is 2.46 bits per heavy atom. The molecule has 1 atom stereocenters. The summed E-state index contributed by atoms with van der Waals surface area (Å²) in [5.74, 6) is -1.77. The molecule has 0 spiro atoms. The van der Waals surface area contributed by atoms with Crippen LogP contribution in [0.15, 0.2) is 21.5 Å². The van der Waals surface area contributed by atoms with Crippen molar-refractivity contribution in [2.24, 2.45) is 5.92 Å². The van der Waals surface area contributed by atoms with Crippen LogP contribution in [0, 0.1) is 28.6 Å². The van der Waals surface area contributed by atoms with Gasteiger partial charge < -0.3 is 0 Å². The normalized spacial score (nSPS) is 22.7. The summed E-state index contributed by atoms with van der Waals surface area (Å²) in [5.41, 5.74) is -0.329. The number of hydrogen-bond acceptors (Lipinski definition) is 2. The molecule has 0 bridgehead atoms. The third-order valence-electron chi connectivity index (χ3n) is 1.65. The van der Waals surface area contributed by atoms with Crippen molar-refractivity contribution >= 4 is 23.2 Å².